The molecule has 1 aromatic rings. The monoisotopic (exact) mass is 261 g/mol. The molecule has 0 bridgehead atoms. The maximum atomic E-state index is 12.0. The number of anilines is 1. The second kappa shape index (κ2) is 5.84. The first-order chi connectivity index (χ1) is 9.11. The zero-order valence-electron chi connectivity index (χ0n) is 11.3. The zero-order chi connectivity index (χ0) is 13.8. The molecule has 0 unspecified atom stereocenters. The first-order valence-electron chi connectivity index (χ1n) is 6.40. The van der Waals surface area contributed by atoms with Crippen molar-refractivity contribution >= 4 is 17.3 Å². The molecule has 1 heterocycles. The van der Waals surface area contributed by atoms with Crippen LogP contribution in [0.2, 0.25) is 0 Å². The second-order valence-electron chi connectivity index (χ2n) is 4.71. The number of aliphatic hydroxyl groups is 1. The van der Waals surface area contributed by atoms with Crippen molar-refractivity contribution in [3.8, 4) is 0 Å². The maximum absolute atomic E-state index is 12.0. The molecule has 1 N–H and O–H groups in total. The molecular weight excluding hydrogens is 242 g/mol. The molecule has 0 spiro atoms. The Morgan fingerprint density at radius 3 is 2.63 bits per heavy atom. The van der Waals surface area contributed by atoms with Crippen molar-refractivity contribution in [3.63, 3.8) is 0 Å². The van der Waals surface area contributed by atoms with E-state index in [1.807, 2.05) is 24.1 Å². The number of carbonyl (C=O) groups excluding carboxylic acids is 1. The number of hydrogen-bond donors (Lipinski definition) is 1. The molecule has 0 radical (unpaired) electrons. The zero-order valence-corrected chi connectivity index (χ0v) is 11.3. The second-order valence-corrected chi connectivity index (χ2v) is 4.71. The van der Waals surface area contributed by atoms with Crippen LogP contribution < -0.4 is 5.01 Å². The third-order valence-corrected chi connectivity index (χ3v) is 3.17. The van der Waals surface area contributed by atoms with Crippen LogP contribution in [0, 0.1) is 0 Å². The Bertz CT molecular complexity index is 482. The van der Waals surface area contributed by atoms with Crippen LogP contribution in [0.25, 0.3) is 0 Å². The highest BCUT2D eigenvalue weighted by Gasteiger charge is 2.14. The van der Waals surface area contributed by atoms with E-state index in [0.29, 0.717) is 12.1 Å². The molecule has 0 fully saturated rings. The SMILES string of the molecule is CC1=NN(c2ccc(C(=O)N(C)CCO)cc2)CC1. The van der Waals surface area contributed by atoms with E-state index in [4.69, 9.17) is 5.11 Å². The van der Waals surface area contributed by atoms with Gasteiger partial charge in [-0.15, -0.1) is 0 Å². The van der Waals surface area contributed by atoms with Crippen LogP contribution in [0.4, 0.5) is 5.69 Å². The Balaban J connectivity index is 2.08. The number of hydrogen-bond acceptors (Lipinski definition) is 4. The van der Waals surface area contributed by atoms with Gasteiger partial charge in [0, 0.05) is 37.8 Å². The molecule has 0 saturated carbocycles. The summed E-state index contributed by atoms with van der Waals surface area (Å²) in [6.07, 6.45) is 0.986. The largest absolute Gasteiger partial charge is 0.395 e. The molecule has 0 aromatic heterocycles. The van der Waals surface area contributed by atoms with Crippen LogP contribution in [0.3, 0.4) is 0 Å². The lowest BCUT2D eigenvalue weighted by molar-refractivity contribution is 0.0767. The van der Waals surface area contributed by atoms with E-state index in [-0.39, 0.29) is 12.5 Å². The van der Waals surface area contributed by atoms with E-state index in [9.17, 15) is 4.79 Å². The number of amides is 1. The summed E-state index contributed by atoms with van der Waals surface area (Å²) in [7, 11) is 1.68. The number of benzene rings is 1. The van der Waals surface area contributed by atoms with Gasteiger partial charge in [0.1, 0.15) is 0 Å². The van der Waals surface area contributed by atoms with Crippen LogP contribution in [0.1, 0.15) is 23.7 Å². The van der Waals surface area contributed by atoms with E-state index in [1.54, 1.807) is 19.2 Å². The maximum Gasteiger partial charge on any atom is 0.253 e. The molecule has 5 heteroatoms. The normalized spacial score (nSPS) is 14.5. The highest BCUT2D eigenvalue weighted by Crippen LogP contribution is 2.20. The topological polar surface area (TPSA) is 56.1 Å². The first-order valence-corrected chi connectivity index (χ1v) is 6.40. The van der Waals surface area contributed by atoms with E-state index in [2.05, 4.69) is 5.10 Å². The molecule has 1 aliphatic rings. The van der Waals surface area contributed by atoms with Gasteiger partial charge in [-0.05, 0) is 31.2 Å². The number of hydrazone groups is 1. The van der Waals surface area contributed by atoms with Crippen LogP contribution in [-0.4, -0.2) is 48.4 Å². The van der Waals surface area contributed by atoms with Gasteiger partial charge in [0.25, 0.3) is 5.91 Å². The predicted molar refractivity (Wildman–Crippen MR) is 75.6 cm³/mol. The van der Waals surface area contributed by atoms with Gasteiger partial charge in [0.2, 0.25) is 0 Å². The Labute approximate surface area is 113 Å². The van der Waals surface area contributed by atoms with Crippen molar-refractivity contribution in [3.05, 3.63) is 29.8 Å². The molecule has 19 heavy (non-hydrogen) atoms. The summed E-state index contributed by atoms with van der Waals surface area (Å²) in [4.78, 5) is 13.5. The summed E-state index contributed by atoms with van der Waals surface area (Å²) in [5, 5.41) is 15.2. The highest BCUT2D eigenvalue weighted by atomic mass is 16.3. The van der Waals surface area contributed by atoms with Crippen molar-refractivity contribution < 1.29 is 9.90 Å². The number of likely N-dealkylation sites (N-methyl/N-ethyl adjacent to an activating group) is 1. The van der Waals surface area contributed by atoms with Crippen LogP contribution >= 0.6 is 0 Å². The van der Waals surface area contributed by atoms with Gasteiger partial charge in [-0.1, -0.05) is 0 Å². The number of aliphatic hydroxyl groups excluding tert-OH is 1. The minimum Gasteiger partial charge on any atom is -0.395 e. The molecular formula is C14H19N3O2. The summed E-state index contributed by atoms with van der Waals surface area (Å²) in [5.41, 5.74) is 2.75. The molecule has 1 amide bonds. The summed E-state index contributed by atoms with van der Waals surface area (Å²) >= 11 is 0. The van der Waals surface area contributed by atoms with Gasteiger partial charge < -0.3 is 10.0 Å². The molecule has 1 aromatic carbocycles. The van der Waals surface area contributed by atoms with Gasteiger partial charge in [-0.25, -0.2) is 0 Å². The minimum atomic E-state index is -0.0818. The smallest absolute Gasteiger partial charge is 0.253 e. The van der Waals surface area contributed by atoms with Crippen molar-refractivity contribution in [2.45, 2.75) is 13.3 Å². The van der Waals surface area contributed by atoms with E-state index < -0.39 is 0 Å². The fourth-order valence-corrected chi connectivity index (χ4v) is 2.01. The fraction of sp³-hybridized carbons (Fsp3) is 0.429. The van der Waals surface area contributed by atoms with Crippen LogP contribution in [0.5, 0.6) is 0 Å². The van der Waals surface area contributed by atoms with Gasteiger partial charge in [0.05, 0.1) is 12.3 Å². The molecule has 0 atom stereocenters. The van der Waals surface area contributed by atoms with Crippen molar-refractivity contribution in [2.24, 2.45) is 5.10 Å². The predicted octanol–water partition coefficient (Wildman–Crippen LogP) is 1.34. The van der Waals surface area contributed by atoms with Gasteiger partial charge in [-0.2, -0.15) is 5.10 Å². The number of nitrogens with zero attached hydrogens (tertiary/aromatic N) is 3. The van der Waals surface area contributed by atoms with Gasteiger partial charge >= 0.3 is 0 Å². The van der Waals surface area contributed by atoms with Crippen molar-refractivity contribution in [1.29, 1.82) is 0 Å². The standard InChI is InChI=1S/C14H19N3O2/c1-11-7-8-17(15-11)13-5-3-12(4-6-13)14(19)16(2)9-10-18/h3-6,18H,7-10H2,1-2H3. The van der Waals surface area contributed by atoms with E-state index in [0.717, 1.165) is 24.4 Å². The third kappa shape index (κ3) is 3.12. The summed E-state index contributed by atoms with van der Waals surface area (Å²) in [5.74, 6) is -0.0818. The molecule has 0 saturated heterocycles. The average molecular weight is 261 g/mol. The lowest BCUT2D eigenvalue weighted by Crippen LogP contribution is -2.29. The summed E-state index contributed by atoms with van der Waals surface area (Å²) in [6, 6.07) is 7.41. The van der Waals surface area contributed by atoms with E-state index >= 15 is 0 Å². The average Bonchev–Trinajstić information content (AvgIpc) is 2.85. The van der Waals surface area contributed by atoms with Crippen molar-refractivity contribution in [1.82, 2.24) is 4.90 Å². The van der Waals surface area contributed by atoms with Crippen LogP contribution in [0.15, 0.2) is 29.4 Å². The molecule has 5 nitrogen and oxygen atoms in total. The lowest BCUT2D eigenvalue weighted by atomic mass is 10.2. The van der Waals surface area contributed by atoms with E-state index in [1.165, 1.54) is 4.90 Å². The Kier molecular flexibility index (Phi) is 4.16. The molecule has 0 aliphatic carbocycles. The fourth-order valence-electron chi connectivity index (χ4n) is 2.01. The molecule has 1 aliphatic heterocycles. The first kappa shape index (κ1) is 13.5. The third-order valence-electron chi connectivity index (χ3n) is 3.17. The lowest BCUT2D eigenvalue weighted by Gasteiger charge is -2.17. The molecule has 102 valence electrons. The Morgan fingerprint density at radius 1 is 1.42 bits per heavy atom. The number of rotatable bonds is 4. The Morgan fingerprint density at radius 2 is 2.11 bits per heavy atom. The molecule has 2 rings (SSSR count). The summed E-state index contributed by atoms with van der Waals surface area (Å²) in [6.45, 7) is 3.23. The highest BCUT2D eigenvalue weighted by molar-refractivity contribution is 5.94. The summed E-state index contributed by atoms with van der Waals surface area (Å²) < 4.78 is 0. The Hall–Kier alpha value is -1.88. The van der Waals surface area contributed by atoms with Gasteiger partial charge in [0.15, 0.2) is 0 Å². The minimum absolute atomic E-state index is 0.0257. The van der Waals surface area contributed by atoms with Crippen molar-refractivity contribution in [2.75, 3.05) is 31.8 Å². The number of carbonyl (C=O) groups is 1. The quantitative estimate of drug-likeness (QED) is 0.889. The van der Waals surface area contributed by atoms with Crippen LogP contribution in [-0.2, 0) is 0 Å². The van der Waals surface area contributed by atoms with Gasteiger partial charge in [-0.3, -0.25) is 9.80 Å².